The number of amides is 2. The van der Waals surface area contributed by atoms with Gasteiger partial charge in [0, 0.05) is 0 Å². The van der Waals surface area contributed by atoms with Crippen molar-refractivity contribution in [1.82, 2.24) is 5.01 Å². The first-order valence-electron chi connectivity index (χ1n) is 7.92. The second kappa shape index (κ2) is 6.01. The van der Waals surface area contributed by atoms with E-state index >= 15 is 0 Å². The molecule has 2 amide bonds. The maximum atomic E-state index is 12.8. The highest BCUT2D eigenvalue weighted by molar-refractivity contribution is 6.25. The van der Waals surface area contributed by atoms with Crippen LogP contribution in [0.15, 0.2) is 64.9 Å². The third-order valence-electron chi connectivity index (χ3n) is 4.38. The van der Waals surface area contributed by atoms with Crippen molar-refractivity contribution in [2.75, 3.05) is 12.0 Å². The molecule has 0 saturated carbocycles. The molecule has 0 spiro atoms. The van der Waals surface area contributed by atoms with Crippen LogP contribution in [-0.2, 0) is 16.1 Å². The van der Waals surface area contributed by atoms with Gasteiger partial charge in [0.2, 0.25) is 0 Å². The van der Waals surface area contributed by atoms with Gasteiger partial charge in [0.15, 0.2) is 12.1 Å². The smallest absolute Gasteiger partial charge is 0.263 e. The fraction of sp³-hybridized carbons (Fsp3) is 0.222. The topological polar surface area (TPSA) is 74.6 Å². The number of para-hydroxylation sites is 1. The van der Waals surface area contributed by atoms with Gasteiger partial charge in [0.05, 0.1) is 19.3 Å². The summed E-state index contributed by atoms with van der Waals surface area (Å²) in [7, 11) is 1.61. The van der Waals surface area contributed by atoms with Crippen LogP contribution in [0.25, 0.3) is 0 Å². The zero-order valence-corrected chi connectivity index (χ0v) is 13.6. The minimum Gasteiger partial charge on any atom is -0.497 e. The summed E-state index contributed by atoms with van der Waals surface area (Å²) in [5, 5.41) is 9.66. The van der Waals surface area contributed by atoms with Crippen molar-refractivity contribution in [2.45, 2.75) is 18.6 Å². The predicted molar refractivity (Wildman–Crippen MR) is 89.9 cm³/mol. The van der Waals surface area contributed by atoms with Gasteiger partial charge in [-0.3, -0.25) is 14.6 Å². The second-order valence-corrected chi connectivity index (χ2v) is 5.89. The Morgan fingerprint density at radius 2 is 1.72 bits per heavy atom. The number of benzene rings is 2. The van der Waals surface area contributed by atoms with Gasteiger partial charge < -0.3 is 4.74 Å². The number of rotatable bonds is 4. The highest BCUT2D eigenvalue weighted by Gasteiger charge is 2.54. The Hall–Kier alpha value is -3.22. The minimum absolute atomic E-state index is 0.292. The number of imide groups is 1. The largest absolute Gasteiger partial charge is 0.497 e. The number of carbonyl (C=O) groups excluding carboxylic acids is 2. The van der Waals surface area contributed by atoms with Crippen LogP contribution in [0.2, 0.25) is 0 Å². The summed E-state index contributed by atoms with van der Waals surface area (Å²) in [6.45, 7) is 0.399. The quantitative estimate of drug-likeness (QED) is 0.802. The van der Waals surface area contributed by atoms with Gasteiger partial charge >= 0.3 is 0 Å². The molecule has 0 bridgehead atoms. The first-order chi connectivity index (χ1) is 12.2. The van der Waals surface area contributed by atoms with Gasteiger partial charge in [-0.15, -0.1) is 0 Å². The highest BCUT2D eigenvalue weighted by Crippen LogP contribution is 2.32. The Morgan fingerprint density at radius 1 is 1.00 bits per heavy atom. The molecule has 4 rings (SSSR count). The summed E-state index contributed by atoms with van der Waals surface area (Å²) in [4.78, 5) is 26.6. The van der Waals surface area contributed by atoms with Gasteiger partial charge in [-0.05, 0) is 29.8 Å². The van der Waals surface area contributed by atoms with Gasteiger partial charge in [-0.2, -0.15) is 5.11 Å². The number of nitrogens with zero attached hydrogens (tertiary/aromatic N) is 4. The number of ether oxygens (including phenoxy) is 1. The van der Waals surface area contributed by atoms with E-state index in [-0.39, 0.29) is 11.8 Å². The van der Waals surface area contributed by atoms with E-state index in [9.17, 15) is 9.59 Å². The highest BCUT2D eigenvalue weighted by atomic mass is 16.5. The molecule has 1 fully saturated rings. The number of fused-ring (bicyclic) bond motifs is 1. The molecule has 2 aromatic rings. The van der Waals surface area contributed by atoms with Crippen LogP contribution < -0.4 is 9.64 Å². The third-order valence-corrected chi connectivity index (χ3v) is 4.38. The van der Waals surface area contributed by atoms with Crippen molar-refractivity contribution in [1.29, 1.82) is 0 Å². The van der Waals surface area contributed by atoms with Crippen molar-refractivity contribution in [2.24, 2.45) is 10.3 Å². The van der Waals surface area contributed by atoms with Crippen LogP contribution in [0.3, 0.4) is 0 Å². The SMILES string of the molecule is COc1ccc(CN2N=N[C@@H]3C(=O)N(c4ccccc4)C(=O)[C@H]32)cc1. The van der Waals surface area contributed by atoms with Crippen LogP contribution in [0.1, 0.15) is 5.56 Å². The van der Waals surface area contributed by atoms with Crippen LogP contribution in [0, 0.1) is 0 Å². The number of hydrogen-bond acceptors (Lipinski definition) is 6. The number of hydrogen-bond donors (Lipinski definition) is 0. The molecule has 2 aliphatic heterocycles. The van der Waals surface area contributed by atoms with E-state index in [0.717, 1.165) is 11.3 Å². The van der Waals surface area contributed by atoms with Crippen LogP contribution in [-0.4, -0.2) is 36.0 Å². The van der Waals surface area contributed by atoms with Crippen molar-refractivity contribution in [3.8, 4) is 5.75 Å². The fourth-order valence-corrected chi connectivity index (χ4v) is 3.10. The standard InChI is InChI=1S/C18H16N4O3/c1-25-14-9-7-12(8-10-14)11-21-16-15(19-20-21)17(23)22(18(16)24)13-5-3-2-4-6-13/h2-10,15-16H,11H2,1H3/t15-,16-/m0/s1. The van der Waals surface area contributed by atoms with Crippen molar-refractivity contribution in [3.63, 3.8) is 0 Å². The summed E-state index contributed by atoms with van der Waals surface area (Å²) >= 11 is 0. The molecule has 2 aromatic carbocycles. The van der Waals surface area contributed by atoms with Crippen LogP contribution >= 0.6 is 0 Å². The molecular formula is C18H16N4O3. The van der Waals surface area contributed by atoms with Gasteiger partial charge in [0.1, 0.15) is 5.75 Å². The molecule has 0 N–H and O–H groups in total. The lowest BCUT2D eigenvalue weighted by Crippen LogP contribution is -2.39. The normalized spacial score (nSPS) is 21.8. The van der Waals surface area contributed by atoms with Crippen molar-refractivity contribution >= 4 is 17.5 Å². The van der Waals surface area contributed by atoms with E-state index in [0.29, 0.717) is 12.2 Å². The lowest BCUT2D eigenvalue weighted by atomic mass is 10.1. The number of methoxy groups -OCH3 is 1. The summed E-state index contributed by atoms with van der Waals surface area (Å²) < 4.78 is 5.14. The van der Waals surface area contributed by atoms with E-state index in [1.54, 1.807) is 36.4 Å². The molecule has 0 aliphatic carbocycles. The summed E-state index contributed by atoms with van der Waals surface area (Å²) in [5.41, 5.74) is 1.52. The van der Waals surface area contributed by atoms with E-state index in [1.165, 1.54) is 4.90 Å². The maximum absolute atomic E-state index is 12.8. The Kier molecular flexibility index (Phi) is 3.68. The maximum Gasteiger partial charge on any atom is 0.263 e. The number of carbonyl (C=O) groups is 2. The third kappa shape index (κ3) is 2.53. The molecule has 7 heteroatoms. The molecule has 126 valence electrons. The predicted octanol–water partition coefficient (Wildman–Crippen LogP) is 2.19. The molecule has 2 heterocycles. The van der Waals surface area contributed by atoms with E-state index < -0.39 is 12.1 Å². The molecule has 2 aliphatic rings. The van der Waals surface area contributed by atoms with Gasteiger partial charge in [0.25, 0.3) is 11.8 Å². The van der Waals surface area contributed by atoms with Crippen molar-refractivity contribution in [3.05, 3.63) is 60.2 Å². The average Bonchev–Trinajstić information content (AvgIpc) is 3.17. The zero-order chi connectivity index (χ0) is 17.4. The monoisotopic (exact) mass is 336 g/mol. The molecule has 0 unspecified atom stereocenters. The second-order valence-electron chi connectivity index (χ2n) is 5.89. The lowest BCUT2D eigenvalue weighted by molar-refractivity contribution is -0.123. The van der Waals surface area contributed by atoms with Crippen LogP contribution in [0.4, 0.5) is 5.69 Å². The van der Waals surface area contributed by atoms with E-state index in [1.807, 2.05) is 30.3 Å². The Labute approximate surface area is 144 Å². The molecule has 1 saturated heterocycles. The van der Waals surface area contributed by atoms with Gasteiger partial charge in [-0.25, -0.2) is 4.90 Å². The molecule has 25 heavy (non-hydrogen) atoms. The molecule has 0 aromatic heterocycles. The summed E-state index contributed by atoms with van der Waals surface area (Å²) in [5.74, 6) is 0.133. The molecular weight excluding hydrogens is 320 g/mol. The first-order valence-corrected chi connectivity index (χ1v) is 7.92. The van der Waals surface area contributed by atoms with E-state index in [2.05, 4.69) is 10.3 Å². The minimum atomic E-state index is -0.772. The average molecular weight is 336 g/mol. The Balaban J connectivity index is 1.56. The Bertz CT molecular complexity index is 835. The fourth-order valence-electron chi connectivity index (χ4n) is 3.10. The summed E-state index contributed by atoms with van der Waals surface area (Å²) in [6.07, 6.45) is 0. The zero-order valence-electron chi connectivity index (χ0n) is 13.6. The van der Waals surface area contributed by atoms with Crippen LogP contribution in [0.5, 0.6) is 5.75 Å². The Morgan fingerprint density at radius 3 is 2.40 bits per heavy atom. The molecule has 0 radical (unpaired) electrons. The first kappa shape index (κ1) is 15.3. The van der Waals surface area contributed by atoms with Gasteiger partial charge in [-0.1, -0.05) is 35.6 Å². The number of anilines is 1. The summed E-state index contributed by atoms with van der Waals surface area (Å²) in [6, 6.07) is 14.9. The molecule has 2 atom stereocenters. The van der Waals surface area contributed by atoms with Crippen molar-refractivity contribution < 1.29 is 14.3 Å². The lowest BCUT2D eigenvalue weighted by Gasteiger charge is -2.20. The molecule has 7 nitrogen and oxygen atoms in total. The van der Waals surface area contributed by atoms with E-state index in [4.69, 9.17) is 4.74 Å².